The van der Waals surface area contributed by atoms with E-state index in [9.17, 15) is 4.39 Å². The molecular formula is C16H19FN4. The maximum atomic E-state index is 13.5. The zero-order chi connectivity index (χ0) is 14.9. The Labute approximate surface area is 124 Å². The van der Waals surface area contributed by atoms with Crippen molar-refractivity contribution >= 4 is 5.96 Å². The fourth-order valence-corrected chi connectivity index (χ4v) is 1.91. The van der Waals surface area contributed by atoms with Gasteiger partial charge in [0.2, 0.25) is 0 Å². The lowest BCUT2D eigenvalue weighted by atomic mass is 10.1. The van der Waals surface area contributed by atoms with E-state index in [0.717, 1.165) is 13.0 Å². The van der Waals surface area contributed by atoms with E-state index in [1.807, 2.05) is 18.2 Å². The molecule has 0 radical (unpaired) electrons. The third-order valence-corrected chi connectivity index (χ3v) is 3.03. The maximum Gasteiger partial charge on any atom is 0.191 e. The summed E-state index contributed by atoms with van der Waals surface area (Å²) in [7, 11) is 1.69. The van der Waals surface area contributed by atoms with E-state index >= 15 is 0 Å². The standard InChI is InChI=1S/C16H19FN4/c1-18-16(20-11-9-13-6-3-2-4-7-13)21-12-15-14(17)8-5-10-19-15/h2-8,10H,9,11-12H2,1H3,(H2,18,20,21). The van der Waals surface area contributed by atoms with Gasteiger partial charge in [-0.1, -0.05) is 30.3 Å². The molecule has 0 aliphatic carbocycles. The zero-order valence-electron chi connectivity index (χ0n) is 12.0. The lowest BCUT2D eigenvalue weighted by Crippen LogP contribution is -2.38. The van der Waals surface area contributed by atoms with Crippen LogP contribution in [0.15, 0.2) is 53.7 Å². The Morgan fingerprint density at radius 3 is 2.67 bits per heavy atom. The molecule has 0 aliphatic heterocycles. The SMILES string of the molecule is CN=C(NCCc1ccccc1)NCc1ncccc1F. The first kappa shape index (κ1) is 15.0. The summed E-state index contributed by atoms with van der Waals surface area (Å²) in [4.78, 5) is 8.10. The lowest BCUT2D eigenvalue weighted by Gasteiger charge is -2.11. The average Bonchev–Trinajstić information content (AvgIpc) is 2.53. The van der Waals surface area contributed by atoms with Crippen LogP contribution in [0.3, 0.4) is 0 Å². The number of rotatable bonds is 5. The summed E-state index contributed by atoms with van der Waals surface area (Å²) in [5.41, 5.74) is 1.64. The third-order valence-electron chi connectivity index (χ3n) is 3.03. The highest BCUT2D eigenvalue weighted by molar-refractivity contribution is 5.79. The largest absolute Gasteiger partial charge is 0.356 e. The normalized spacial score (nSPS) is 11.2. The van der Waals surface area contributed by atoms with Gasteiger partial charge in [-0.25, -0.2) is 4.39 Å². The topological polar surface area (TPSA) is 49.3 Å². The number of hydrogen-bond donors (Lipinski definition) is 2. The smallest absolute Gasteiger partial charge is 0.191 e. The van der Waals surface area contributed by atoms with Gasteiger partial charge in [0.25, 0.3) is 0 Å². The number of halogens is 1. The van der Waals surface area contributed by atoms with Gasteiger partial charge in [0.15, 0.2) is 5.96 Å². The number of nitrogens with one attached hydrogen (secondary N) is 2. The highest BCUT2D eigenvalue weighted by atomic mass is 19.1. The molecule has 5 heteroatoms. The minimum Gasteiger partial charge on any atom is -0.356 e. The summed E-state index contributed by atoms with van der Waals surface area (Å²) in [5.74, 6) is 0.320. The lowest BCUT2D eigenvalue weighted by molar-refractivity contribution is 0.592. The molecule has 0 saturated carbocycles. The van der Waals surface area contributed by atoms with Crippen molar-refractivity contribution < 1.29 is 4.39 Å². The first-order chi connectivity index (χ1) is 10.3. The monoisotopic (exact) mass is 286 g/mol. The van der Waals surface area contributed by atoms with E-state index in [0.29, 0.717) is 18.2 Å². The molecule has 21 heavy (non-hydrogen) atoms. The van der Waals surface area contributed by atoms with Crippen molar-refractivity contribution in [3.05, 3.63) is 65.7 Å². The number of guanidine groups is 1. The summed E-state index contributed by atoms with van der Waals surface area (Å²) < 4.78 is 13.5. The number of aliphatic imine (C=N–C) groups is 1. The average molecular weight is 286 g/mol. The summed E-state index contributed by atoms with van der Waals surface area (Å²) in [6.45, 7) is 1.06. The van der Waals surface area contributed by atoms with Crippen molar-refractivity contribution in [2.75, 3.05) is 13.6 Å². The van der Waals surface area contributed by atoms with Gasteiger partial charge in [0.1, 0.15) is 5.82 Å². The van der Waals surface area contributed by atoms with Gasteiger partial charge in [-0.05, 0) is 24.1 Å². The van der Waals surface area contributed by atoms with Gasteiger partial charge in [0.05, 0.1) is 12.2 Å². The van der Waals surface area contributed by atoms with Crippen molar-refractivity contribution in [1.82, 2.24) is 15.6 Å². The molecule has 0 unspecified atom stereocenters. The molecule has 0 aliphatic rings. The number of nitrogens with zero attached hydrogens (tertiary/aromatic N) is 2. The van der Waals surface area contributed by atoms with Crippen LogP contribution in [0.25, 0.3) is 0 Å². The molecule has 0 spiro atoms. The Morgan fingerprint density at radius 1 is 1.14 bits per heavy atom. The Balaban J connectivity index is 1.78. The van der Waals surface area contributed by atoms with Gasteiger partial charge in [-0.15, -0.1) is 0 Å². The van der Waals surface area contributed by atoms with Gasteiger partial charge in [-0.3, -0.25) is 9.98 Å². The number of benzene rings is 1. The second-order valence-corrected chi connectivity index (χ2v) is 4.52. The van der Waals surface area contributed by atoms with Crippen LogP contribution < -0.4 is 10.6 Å². The summed E-state index contributed by atoms with van der Waals surface area (Å²) in [6, 6.07) is 13.2. The van der Waals surface area contributed by atoms with Crippen LogP contribution in [0.2, 0.25) is 0 Å². The van der Waals surface area contributed by atoms with Crippen molar-refractivity contribution in [3.8, 4) is 0 Å². The third kappa shape index (κ3) is 4.87. The summed E-state index contributed by atoms with van der Waals surface area (Å²) in [6.07, 6.45) is 2.48. The molecule has 4 nitrogen and oxygen atoms in total. The van der Waals surface area contributed by atoms with Crippen LogP contribution in [0.1, 0.15) is 11.3 Å². The van der Waals surface area contributed by atoms with Crippen molar-refractivity contribution in [2.24, 2.45) is 4.99 Å². The molecule has 2 aromatic rings. The van der Waals surface area contributed by atoms with E-state index in [1.165, 1.54) is 11.6 Å². The number of pyridine rings is 1. The molecule has 0 saturated heterocycles. The van der Waals surface area contributed by atoms with Crippen molar-refractivity contribution in [2.45, 2.75) is 13.0 Å². The summed E-state index contributed by atoms with van der Waals surface area (Å²) >= 11 is 0. The second-order valence-electron chi connectivity index (χ2n) is 4.52. The molecule has 2 rings (SSSR count). The van der Waals surface area contributed by atoms with Crippen LogP contribution in [0.4, 0.5) is 4.39 Å². The van der Waals surface area contributed by atoms with Crippen molar-refractivity contribution in [3.63, 3.8) is 0 Å². The number of aromatic nitrogens is 1. The van der Waals surface area contributed by atoms with Gasteiger partial charge in [-0.2, -0.15) is 0 Å². The first-order valence-corrected chi connectivity index (χ1v) is 6.87. The quantitative estimate of drug-likeness (QED) is 0.654. The van der Waals surface area contributed by atoms with Crippen LogP contribution in [0.5, 0.6) is 0 Å². The maximum absolute atomic E-state index is 13.5. The Kier molecular flexibility index (Phi) is 5.70. The molecule has 0 atom stereocenters. The van der Waals surface area contributed by atoms with Crippen LogP contribution in [-0.4, -0.2) is 24.5 Å². The molecule has 0 fully saturated rings. The molecule has 0 amide bonds. The fourth-order valence-electron chi connectivity index (χ4n) is 1.91. The van der Waals surface area contributed by atoms with Crippen LogP contribution >= 0.6 is 0 Å². The van der Waals surface area contributed by atoms with Crippen LogP contribution in [0, 0.1) is 5.82 Å². The van der Waals surface area contributed by atoms with E-state index in [2.05, 4.69) is 32.7 Å². The first-order valence-electron chi connectivity index (χ1n) is 6.87. The molecule has 1 aromatic heterocycles. The predicted octanol–water partition coefficient (Wildman–Crippen LogP) is 2.13. The Morgan fingerprint density at radius 2 is 1.95 bits per heavy atom. The molecule has 0 bridgehead atoms. The minimum absolute atomic E-state index is 0.303. The zero-order valence-corrected chi connectivity index (χ0v) is 12.0. The molecule has 2 N–H and O–H groups in total. The predicted molar refractivity (Wildman–Crippen MR) is 82.5 cm³/mol. The van der Waals surface area contributed by atoms with Gasteiger partial charge >= 0.3 is 0 Å². The minimum atomic E-state index is -0.315. The summed E-state index contributed by atoms with van der Waals surface area (Å²) in [5, 5.41) is 6.25. The molecule has 1 heterocycles. The molecular weight excluding hydrogens is 267 g/mol. The highest BCUT2D eigenvalue weighted by Crippen LogP contribution is 2.01. The highest BCUT2D eigenvalue weighted by Gasteiger charge is 2.03. The van der Waals surface area contributed by atoms with E-state index in [1.54, 1.807) is 19.3 Å². The van der Waals surface area contributed by atoms with E-state index < -0.39 is 0 Å². The van der Waals surface area contributed by atoms with E-state index in [4.69, 9.17) is 0 Å². The molecule has 1 aromatic carbocycles. The Hall–Kier alpha value is -2.43. The molecule has 110 valence electrons. The van der Waals surface area contributed by atoms with E-state index in [-0.39, 0.29) is 5.82 Å². The number of hydrogen-bond acceptors (Lipinski definition) is 2. The Bertz CT molecular complexity index is 584. The van der Waals surface area contributed by atoms with Crippen molar-refractivity contribution in [1.29, 1.82) is 0 Å². The van der Waals surface area contributed by atoms with Crippen LogP contribution in [-0.2, 0) is 13.0 Å². The van der Waals surface area contributed by atoms with Gasteiger partial charge < -0.3 is 10.6 Å². The van der Waals surface area contributed by atoms with Gasteiger partial charge in [0, 0.05) is 19.8 Å². The fraction of sp³-hybridized carbons (Fsp3) is 0.250. The second kappa shape index (κ2) is 7.99.